The maximum atomic E-state index is 5.82. The van der Waals surface area contributed by atoms with Crippen molar-refractivity contribution in [2.24, 2.45) is 0 Å². The summed E-state index contributed by atoms with van der Waals surface area (Å²) in [5.41, 5.74) is 1.48. The Morgan fingerprint density at radius 3 is 2.50 bits per heavy atom. The predicted octanol–water partition coefficient (Wildman–Crippen LogP) is 3.45. The molecule has 1 atom stereocenters. The van der Waals surface area contributed by atoms with Crippen LogP contribution in [0.15, 0.2) is 24.3 Å². The van der Waals surface area contributed by atoms with Crippen molar-refractivity contribution in [3.63, 3.8) is 0 Å². The zero-order chi connectivity index (χ0) is 10.0. The molecule has 1 aliphatic rings. The predicted molar refractivity (Wildman–Crippen MR) is 58.7 cm³/mol. The van der Waals surface area contributed by atoms with E-state index >= 15 is 0 Å². The molecule has 0 radical (unpaired) electrons. The van der Waals surface area contributed by atoms with E-state index in [-0.39, 0.29) is 5.60 Å². The molecule has 14 heavy (non-hydrogen) atoms. The molecule has 1 aliphatic heterocycles. The lowest BCUT2D eigenvalue weighted by atomic mass is 9.90. The van der Waals surface area contributed by atoms with Crippen LogP contribution in [0.4, 0.5) is 0 Å². The number of hydrogen-bond donors (Lipinski definition) is 0. The molecule has 1 heterocycles. The average molecular weight is 211 g/mol. The molecule has 0 aliphatic carbocycles. The van der Waals surface area contributed by atoms with E-state index in [0.717, 1.165) is 24.5 Å². The van der Waals surface area contributed by atoms with Crippen molar-refractivity contribution in [2.45, 2.75) is 31.8 Å². The molecule has 2 heteroatoms. The molecule has 1 nitrogen and oxygen atoms in total. The van der Waals surface area contributed by atoms with Gasteiger partial charge in [-0.15, -0.1) is 0 Å². The third kappa shape index (κ3) is 2.28. The van der Waals surface area contributed by atoms with Crippen molar-refractivity contribution in [3.8, 4) is 0 Å². The van der Waals surface area contributed by atoms with Gasteiger partial charge in [-0.05, 0) is 43.9 Å². The Bertz CT molecular complexity index is 301. The van der Waals surface area contributed by atoms with E-state index in [2.05, 4.69) is 19.1 Å². The van der Waals surface area contributed by atoms with Gasteiger partial charge in [0.15, 0.2) is 0 Å². The molecule has 0 amide bonds. The van der Waals surface area contributed by atoms with E-state index in [4.69, 9.17) is 16.3 Å². The van der Waals surface area contributed by atoms with Crippen LogP contribution in [0.5, 0.6) is 0 Å². The van der Waals surface area contributed by atoms with Gasteiger partial charge in [-0.3, -0.25) is 0 Å². The van der Waals surface area contributed by atoms with Gasteiger partial charge in [-0.25, -0.2) is 0 Å². The zero-order valence-corrected chi connectivity index (χ0v) is 9.18. The molecule has 76 valence electrons. The Morgan fingerprint density at radius 2 is 2.00 bits per heavy atom. The number of benzene rings is 1. The van der Waals surface area contributed by atoms with E-state index in [9.17, 15) is 0 Å². The summed E-state index contributed by atoms with van der Waals surface area (Å²) in [5, 5.41) is 0.805. The molecule has 0 bridgehead atoms. The summed E-state index contributed by atoms with van der Waals surface area (Å²) < 4.78 is 5.54. The zero-order valence-electron chi connectivity index (χ0n) is 8.42. The van der Waals surface area contributed by atoms with Crippen LogP contribution >= 0.6 is 11.6 Å². The lowest BCUT2D eigenvalue weighted by Crippen LogP contribution is -2.40. The summed E-state index contributed by atoms with van der Waals surface area (Å²) in [6.45, 7) is 3.11. The highest BCUT2D eigenvalue weighted by Crippen LogP contribution is 2.30. The fourth-order valence-corrected chi connectivity index (χ4v) is 1.83. The molecule has 0 saturated carbocycles. The Hall–Kier alpha value is -0.530. The van der Waals surface area contributed by atoms with E-state index in [1.807, 2.05) is 12.1 Å². The molecule has 0 N–H and O–H groups in total. The molecule has 2 rings (SSSR count). The highest BCUT2D eigenvalue weighted by molar-refractivity contribution is 6.30. The van der Waals surface area contributed by atoms with Crippen LogP contribution in [0.1, 0.15) is 25.3 Å². The topological polar surface area (TPSA) is 9.23 Å². The number of ether oxygens (including phenoxy) is 1. The van der Waals surface area contributed by atoms with Gasteiger partial charge in [0.1, 0.15) is 0 Å². The van der Waals surface area contributed by atoms with Gasteiger partial charge in [0.05, 0.1) is 12.2 Å². The van der Waals surface area contributed by atoms with Crippen LogP contribution in [0.3, 0.4) is 0 Å². The Morgan fingerprint density at radius 1 is 1.36 bits per heavy atom. The molecule has 1 fully saturated rings. The van der Waals surface area contributed by atoms with Gasteiger partial charge in [0.25, 0.3) is 0 Å². The molecule has 1 saturated heterocycles. The summed E-state index contributed by atoms with van der Waals surface area (Å²) >= 11 is 5.82. The molecule has 1 aromatic rings. The highest BCUT2D eigenvalue weighted by atomic mass is 35.5. The number of hydrogen-bond acceptors (Lipinski definition) is 1. The van der Waals surface area contributed by atoms with Gasteiger partial charge in [0, 0.05) is 5.02 Å². The normalized spacial score (nSPS) is 25.9. The van der Waals surface area contributed by atoms with Crippen LogP contribution in [-0.2, 0) is 11.2 Å². The van der Waals surface area contributed by atoms with Crippen molar-refractivity contribution >= 4 is 11.6 Å². The minimum absolute atomic E-state index is 0.139. The molecule has 1 unspecified atom stereocenters. The first-order chi connectivity index (χ1) is 6.68. The average Bonchev–Trinajstić information content (AvgIpc) is 2.14. The fraction of sp³-hybridized carbons (Fsp3) is 0.500. The van der Waals surface area contributed by atoms with Gasteiger partial charge in [-0.2, -0.15) is 0 Å². The van der Waals surface area contributed by atoms with Gasteiger partial charge >= 0.3 is 0 Å². The molecule has 1 aromatic carbocycles. The summed E-state index contributed by atoms with van der Waals surface area (Å²) in [7, 11) is 0. The van der Waals surface area contributed by atoms with Crippen LogP contribution in [0.25, 0.3) is 0 Å². The third-order valence-corrected chi connectivity index (χ3v) is 3.19. The van der Waals surface area contributed by atoms with E-state index in [1.54, 1.807) is 0 Å². The second-order valence-corrected chi connectivity index (χ2v) is 4.61. The quantitative estimate of drug-likeness (QED) is 0.743. The standard InChI is InChI=1S/C12H15ClO/c1-12(8-9-14-12)7-6-10-2-4-11(13)5-3-10/h2-5H,6-9H2,1H3. The van der Waals surface area contributed by atoms with Crippen LogP contribution in [-0.4, -0.2) is 12.2 Å². The maximum Gasteiger partial charge on any atom is 0.0679 e. The van der Waals surface area contributed by atoms with Crippen LogP contribution in [0, 0.1) is 0 Å². The Balaban J connectivity index is 1.88. The first kappa shape index (κ1) is 10.0. The minimum Gasteiger partial charge on any atom is -0.375 e. The number of rotatable bonds is 3. The van der Waals surface area contributed by atoms with Gasteiger partial charge in [0.2, 0.25) is 0 Å². The van der Waals surface area contributed by atoms with Gasteiger partial charge in [-0.1, -0.05) is 23.7 Å². The van der Waals surface area contributed by atoms with Crippen molar-refractivity contribution < 1.29 is 4.74 Å². The van der Waals surface area contributed by atoms with E-state index < -0.39 is 0 Å². The third-order valence-electron chi connectivity index (χ3n) is 2.94. The molecule has 0 aromatic heterocycles. The first-order valence-corrected chi connectivity index (χ1v) is 5.44. The van der Waals surface area contributed by atoms with Crippen molar-refractivity contribution in [1.82, 2.24) is 0 Å². The lowest BCUT2D eigenvalue weighted by molar-refractivity contribution is -0.137. The second-order valence-electron chi connectivity index (χ2n) is 4.17. The van der Waals surface area contributed by atoms with Crippen molar-refractivity contribution in [1.29, 1.82) is 0 Å². The monoisotopic (exact) mass is 210 g/mol. The summed E-state index contributed by atoms with van der Waals surface area (Å²) in [6.07, 6.45) is 3.38. The van der Waals surface area contributed by atoms with Crippen LogP contribution < -0.4 is 0 Å². The van der Waals surface area contributed by atoms with Crippen LogP contribution in [0.2, 0.25) is 5.02 Å². The second kappa shape index (κ2) is 3.92. The fourth-order valence-electron chi connectivity index (χ4n) is 1.71. The first-order valence-electron chi connectivity index (χ1n) is 5.06. The Kier molecular flexibility index (Phi) is 2.80. The highest BCUT2D eigenvalue weighted by Gasteiger charge is 2.32. The van der Waals surface area contributed by atoms with E-state index in [0.29, 0.717) is 0 Å². The molecule has 0 spiro atoms. The smallest absolute Gasteiger partial charge is 0.0679 e. The largest absolute Gasteiger partial charge is 0.375 e. The summed E-state index contributed by atoms with van der Waals surface area (Å²) in [6, 6.07) is 8.07. The lowest BCUT2D eigenvalue weighted by Gasteiger charge is -2.38. The summed E-state index contributed by atoms with van der Waals surface area (Å²) in [5.74, 6) is 0. The van der Waals surface area contributed by atoms with Crippen molar-refractivity contribution in [2.75, 3.05) is 6.61 Å². The van der Waals surface area contributed by atoms with Crippen molar-refractivity contribution in [3.05, 3.63) is 34.9 Å². The minimum atomic E-state index is 0.139. The summed E-state index contributed by atoms with van der Waals surface area (Å²) in [4.78, 5) is 0. The maximum absolute atomic E-state index is 5.82. The molecular weight excluding hydrogens is 196 g/mol. The van der Waals surface area contributed by atoms with Gasteiger partial charge < -0.3 is 4.74 Å². The molecular formula is C12H15ClO. The SMILES string of the molecule is CC1(CCc2ccc(Cl)cc2)CCO1. The Labute approximate surface area is 90.0 Å². The number of halogens is 1. The number of aryl methyl sites for hydroxylation is 1. The van der Waals surface area contributed by atoms with E-state index in [1.165, 1.54) is 12.0 Å².